The third kappa shape index (κ3) is 7.10. The fourth-order valence-electron chi connectivity index (χ4n) is 5.50. The molecule has 7 nitrogen and oxygen atoms in total. The van der Waals surface area contributed by atoms with E-state index in [1.807, 2.05) is 31.2 Å². The first-order valence-corrected chi connectivity index (χ1v) is 13.9. The Morgan fingerprint density at radius 3 is 2.55 bits per heavy atom. The minimum atomic E-state index is -0.793. The molecule has 208 valence electrons. The van der Waals surface area contributed by atoms with E-state index in [2.05, 4.69) is 23.6 Å². The molecule has 2 aromatic carbocycles. The van der Waals surface area contributed by atoms with Gasteiger partial charge in [0.1, 0.15) is 23.4 Å². The maximum absolute atomic E-state index is 14.6. The summed E-state index contributed by atoms with van der Waals surface area (Å²) in [6.45, 7) is 9.52. The number of carboxylic acids is 1. The molecule has 0 aliphatic carbocycles. The lowest BCUT2D eigenvalue weighted by Crippen LogP contribution is -2.44. The number of unbranched alkanes of at least 4 members (excludes halogenated alkanes) is 1. The van der Waals surface area contributed by atoms with Crippen molar-refractivity contribution in [3.05, 3.63) is 48.3 Å². The number of aliphatic carboxylic acids is 1. The number of hydrogen-bond donors (Lipinski definition) is 1. The molecule has 2 fully saturated rings. The highest BCUT2D eigenvalue weighted by Crippen LogP contribution is 2.33. The lowest BCUT2D eigenvalue weighted by Gasteiger charge is -2.38. The summed E-state index contributed by atoms with van der Waals surface area (Å²) >= 11 is 0. The van der Waals surface area contributed by atoms with Gasteiger partial charge in [-0.2, -0.15) is 0 Å². The second-order valence-corrected chi connectivity index (χ2v) is 10.4. The molecule has 2 aromatic rings. The van der Waals surface area contributed by atoms with Crippen LogP contribution in [-0.2, 0) is 9.53 Å². The number of nitrogens with zero attached hydrogens (tertiary/aromatic N) is 2. The topological polar surface area (TPSA) is 71.5 Å². The van der Waals surface area contributed by atoms with Gasteiger partial charge in [-0.15, -0.1) is 0 Å². The van der Waals surface area contributed by atoms with Crippen LogP contribution in [0.3, 0.4) is 0 Å². The molecule has 2 saturated heterocycles. The molecule has 0 radical (unpaired) electrons. The van der Waals surface area contributed by atoms with E-state index >= 15 is 0 Å². The van der Waals surface area contributed by atoms with Crippen molar-refractivity contribution in [2.24, 2.45) is 5.92 Å². The molecule has 38 heavy (non-hydrogen) atoms. The van der Waals surface area contributed by atoms with Crippen molar-refractivity contribution in [3.63, 3.8) is 0 Å². The summed E-state index contributed by atoms with van der Waals surface area (Å²) in [4.78, 5) is 15.7. The van der Waals surface area contributed by atoms with E-state index < -0.39 is 5.97 Å². The van der Waals surface area contributed by atoms with Crippen molar-refractivity contribution in [2.75, 3.05) is 42.6 Å². The van der Waals surface area contributed by atoms with Crippen LogP contribution < -0.4 is 19.3 Å². The predicted molar refractivity (Wildman–Crippen MR) is 147 cm³/mol. The molecule has 4 rings (SSSR count). The normalized spacial score (nSPS) is 23.5. The molecule has 0 aromatic heterocycles. The van der Waals surface area contributed by atoms with Crippen LogP contribution in [-0.4, -0.2) is 62.2 Å². The third-order valence-electron chi connectivity index (χ3n) is 7.49. The first-order chi connectivity index (χ1) is 18.4. The van der Waals surface area contributed by atoms with E-state index in [-0.39, 0.29) is 36.4 Å². The van der Waals surface area contributed by atoms with Gasteiger partial charge in [0.25, 0.3) is 0 Å². The predicted octanol–water partition coefficient (Wildman–Crippen LogP) is 5.76. The minimum Gasteiger partial charge on any atom is -0.494 e. The largest absolute Gasteiger partial charge is 0.494 e. The second-order valence-electron chi connectivity index (χ2n) is 10.4. The van der Waals surface area contributed by atoms with E-state index in [1.165, 1.54) is 6.07 Å². The lowest BCUT2D eigenvalue weighted by molar-refractivity contribution is -0.137. The Kier molecular flexibility index (Phi) is 9.72. The van der Waals surface area contributed by atoms with Crippen molar-refractivity contribution in [1.29, 1.82) is 0 Å². The number of benzene rings is 2. The van der Waals surface area contributed by atoms with Gasteiger partial charge in [-0.3, -0.25) is 4.79 Å². The van der Waals surface area contributed by atoms with Crippen LogP contribution in [0.2, 0.25) is 0 Å². The second kappa shape index (κ2) is 13.2. The lowest BCUT2D eigenvalue weighted by atomic mass is 9.95. The van der Waals surface area contributed by atoms with Gasteiger partial charge in [-0.25, -0.2) is 4.39 Å². The van der Waals surface area contributed by atoms with Gasteiger partial charge in [-0.05, 0) is 56.2 Å². The average Bonchev–Trinajstić information content (AvgIpc) is 3.29. The van der Waals surface area contributed by atoms with Crippen LogP contribution in [0.4, 0.5) is 15.8 Å². The van der Waals surface area contributed by atoms with Gasteiger partial charge >= 0.3 is 5.97 Å². The van der Waals surface area contributed by atoms with Crippen LogP contribution in [0.1, 0.15) is 52.9 Å². The number of hydrogen-bond acceptors (Lipinski definition) is 6. The highest BCUT2D eigenvalue weighted by atomic mass is 19.1. The van der Waals surface area contributed by atoms with Crippen LogP contribution in [0, 0.1) is 11.7 Å². The van der Waals surface area contributed by atoms with Gasteiger partial charge in [0.15, 0.2) is 0 Å². The van der Waals surface area contributed by atoms with Crippen molar-refractivity contribution in [2.45, 2.75) is 71.1 Å². The molecule has 2 aliphatic rings. The maximum atomic E-state index is 14.6. The highest BCUT2D eigenvalue weighted by Gasteiger charge is 2.34. The van der Waals surface area contributed by atoms with Crippen LogP contribution in [0.5, 0.6) is 11.5 Å². The zero-order valence-electron chi connectivity index (χ0n) is 22.8. The summed E-state index contributed by atoms with van der Waals surface area (Å²) in [6.07, 6.45) is 3.76. The van der Waals surface area contributed by atoms with Crippen LogP contribution in [0.15, 0.2) is 42.5 Å². The Morgan fingerprint density at radius 2 is 1.87 bits per heavy atom. The van der Waals surface area contributed by atoms with Gasteiger partial charge in [0, 0.05) is 56.4 Å². The molecule has 0 amide bonds. The molecule has 8 heteroatoms. The summed E-state index contributed by atoms with van der Waals surface area (Å²) in [5.41, 5.74) is 1.56. The minimum absolute atomic E-state index is 0.0260. The summed E-state index contributed by atoms with van der Waals surface area (Å²) in [6, 6.07) is 12.8. The number of carboxylic acid groups (broad SMARTS) is 1. The van der Waals surface area contributed by atoms with E-state index in [0.29, 0.717) is 44.3 Å². The summed E-state index contributed by atoms with van der Waals surface area (Å²) < 4.78 is 32.5. The van der Waals surface area contributed by atoms with Crippen molar-refractivity contribution < 1.29 is 28.5 Å². The monoisotopic (exact) mass is 528 g/mol. The van der Waals surface area contributed by atoms with Crippen molar-refractivity contribution >= 4 is 17.3 Å². The van der Waals surface area contributed by atoms with E-state index in [0.717, 1.165) is 37.1 Å². The van der Waals surface area contributed by atoms with E-state index in [9.17, 15) is 14.3 Å². The fraction of sp³-hybridized carbons (Fsp3) is 0.567. The first kappa shape index (κ1) is 28.0. The van der Waals surface area contributed by atoms with Gasteiger partial charge in [0.05, 0.1) is 24.8 Å². The molecule has 4 atom stereocenters. The number of ether oxygens (including phenoxy) is 3. The molecule has 1 N–H and O–H groups in total. The Hall–Kier alpha value is -3.00. The number of anilines is 2. The number of carbonyl (C=O) groups is 1. The highest BCUT2D eigenvalue weighted by molar-refractivity contribution is 5.69. The Morgan fingerprint density at radius 1 is 1.11 bits per heavy atom. The maximum Gasteiger partial charge on any atom is 0.305 e. The standard InChI is InChI=1S/C30H41FN2O5/c1-4-6-15-37-26-16-23(17-30(34)35)33(20-26)22-7-9-24(10-8-22)38-29-13-14-32(19-21(29)3)28-18-25(36-5-2)11-12-27(28)31/h7-12,18,21,23,26,29H,4-6,13-17,19-20H2,1-3H3,(H,34,35)/t21?,23-,26-,29?/m1/s1. The third-order valence-corrected chi connectivity index (χ3v) is 7.49. The number of piperidine rings is 1. The summed E-state index contributed by atoms with van der Waals surface area (Å²) in [5, 5.41) is 9.42. The first-order valence-electron chi connectivity index (χ1n) is 13.9. The average molecular weight is 529 g/mol. The van der Waals surface area contributed by atoms with E-state index in [4.69, 9.17) is 14.2 Å². The fourth-order valence-corrected chi connectivity index (χ4v) is 5.50. The van der Waals surface area contributed by atoms with Gasteiger partial charge in [-0.1, -0.05) is 20.3 Å². The Balaban J connectivity index is 1.36. The Labute approximate surface area is 225 Å². The number of rotatable bonds is 12. The van der Waals surface area contributed by atoms with Crippen molar-refractivity contribution in [1.82, 2.24) is 0 Å². The molecule has 2 unspecified atom stereocenters. The SMILES string of the molecule is CCCCO[C@@H]1C[C@H](CC(=O)O)N(c2ccc(OC3CCN(c4cc(OCC)ccc4F)CC3C)cc2)C1. The molecule has 0 bridgehead atoms. The molecule has 2 aliphatic heterocycles. The van der Waals surface area contributed by atoms with Crippen molar-refractivity contribution in [3.8, 4) is 11.5 Å². The smallest absolute Gasteiger partial charge is 0.305 e. The Bertz CT molecular complexity index is 1050. The number of halogens is 1. The zero-order chi connectivity index (χ0) is 27.1. The molecule has 2 heterocycles. The van der Waals surface area contributed by atoms with Gasteiger partial charge < -0.3 is 29.1 Å². The van der Waals surface area contributed by atoms with Crippen LogP contribution in [0.25, 0.3) is 0 Å². The molecule has 0 saturated carbocycles. The summed E-state index contributed by atoms with van der Waals surface area (Å²) in [7, 11) is 0. The zero-order valence-corrected chi connectivity index (χ0v) is 22.8. The quantitative estimate of drug-likeness (QED) is 0.351. The summed E-state index contributed by atoms with van der Waals surface area (Å²) in [5.74, 6) is 0.639. The van der Waals surface area contributed by atoms with E-state index in [1.54, 1.807) is 12.1 Å². The molecular formula is C30H41FN2O5. The molecule has 0 spiro atoms. The molecular weight excluding hydrogens is 487 g/mol. The van der Waals surface area contributed by atoms with Crippen LogP contribution >= 0.6 is 0 Å². The van der Waals surface area contributed by atoms with Gasteiger partial charge in [0.2, 0.25) is 0 Å².